The second-order valence-corrected chi connectivity index (χ2v) is 5.32. The van der Waals surface area contributed by atoms with Crippen molar-refractivity contribution in [2.24, 2.45) is 0 Å². The Labute approximate surface area is 116 Å². The maximum absolute atomic E-state index is 10.7. The highest BCUT2D eigenvalue weighted by atomic mass is 32.2. The highest BCUT2D eigenvalue weighted by Gasteiger charge is 2.36. The van der Waals surface area contributed by atoms with E-state index in [4.69, 9.17) is 13.0 Å². The van der Waals surface area contributed by atoms with Crippen LogP contribution in [0.2, 0.25) is 0 Å². The number of hydrogen-bond donors (Lipinski definition) is 0. The zero-order valence-electron chi connectivity index (χ0n) is 11.0. The van der Waals surface area contributed by atoms with Crippen molar-refractivity contribution in [2.75, 3.05) is 0 Å². The van der Waals surface area contributed by atoms with Crippen LogP contribution in [0.25, 0.3) is 0 Å². The molecule has 0 aromatic carbocycles. The smallest absolute Gasteiger partial charge is 0.485 e. The number of alkyl halides is 3. The van der Waals surface area contributed by atoms with Crippen LogP contribution in [0, 0.1) is 0 Å². The van der Waals surface area contributed by atoms with Gasteiger partial charge >= 0.3 is 5.51 Å². The zero-order valence-corrected chi connectivity index (χ0v) is 11.8. The van der Waals surface area contributed by atoms with Crippen LogP contribution in [0.15, 0.2) is 24.8 Å². The van der Waals surface area contributed by atoms with Crippen LogP contribution in [0.1, 0.15) is 32.6 Å². The van der Waals surface area contributed by atoms with Gasteiger partial charge in [0.1, 0.15) is 6.20 Å². The number of aryl methyl sites for hydroxylation is 1. The summed E-state index contributed by atoms with van der Waals surface area (Å²) in [4.78, 5) is 4.05. The van der Waals surface area contributed by atoms with Gasteiger partial charge in [-0.15, -0.1) is 0 Å². The third kappa shape index (κ3) is 8.81. The molecular weight excluding hydrogens is 297 g/mol. The number of aromatic nitrogens is 2. The van der Waals surface area contributed by atoms with Gasteiger partial charge in [0, 0.05) is 6.07 Å². The van der Waals surface area contributed by atoms with Gasteiger partial charge in [0.15, 0.2) is 10.1 Å². The third-order valence-electron chi connectivity index (χ3n) is 2.22. The first-order valence-electron chi connectivity index (χ1n) is 5.99. The lowest BCUT2D eigenvalue weighted by Crippen LogP contribution is -2.32. The molecule has 1 heterocycles. The van der Waals surface area contributed by atoms with E-state index in [1.54, 1.807) is 0 Å². The number of rotatable bonds is 5. The van der Waals surface area contributed by atoms with Gasteiger partial charge in [-0.1, -0.05) is 24.7 Å². The minimum absolute atomic E-state index is 1.10. The summed E-state index contributed by atoms with van der Waals surface area (Å²) < 4.78 is 61.0. The topological polar surface area (TPSA) is 74.0 Å². The van der Waals surface area contributed by atoms with Gasteiger partial charge in [-0.3, -0.25) is 0 Å². The van der Waals surface area contributed by atoms with E-state index in [-0.39, 0.29) is 0 Å². The maximum atomic E-state index is 10.7. The Kier molecular flexibility index (Phi) is 8.31. The fourth-order valence-electron chi connectivity index (χ4n) is 1.21. The summed E-state index contributed by atoms with van der Waals surface area (Å²) >= 11 is 0. The first kappa shape index (κ1) is 18.8. The molecule has 116 valence electrons. The van der Waals surface area contributed by atoms with Gasteiger partial charge in [-0.25, -0.2) is 13.0 Å². The average Bonchev–Trinajstić information content (AvgIpc) is 2.34. The van der Waals surface area contributed by atoms with Crippen molar-refractivity contribution in [2.45, 2.75) is 44.7 Å². The van der Waals surface area contributed by atoms with Crippen LogP contribution in [0.3, 0.4) is 0 Å². The molecule has 20 heavy (non-hydrogen) atoms. The molecule has 0 saturated heterocycles. The summed E-state index contributed by atoms with van der Waals surface area (Å²) in [5, 5.41) is 0. The molecule has 0 aliphatic heterocycles. The lowest BCUT2D eigenvalue weighted by atomic mass is 10.2. The lowest BCUT2D eigenvalue weighted by Gasteiger charge is -2.08. The molecule has 0 spiro atoms. The summed E-state index contributed by atoms with van der Waals surface area (Å²) in [5.41, 5.74) is -5.65. The fourth-order valence-corrected chi connectivity index (χ4v) is 1.21. The minimum atomic E-state index is -6.09. The summed E-state index contributed by atoms with van der Waals surface area (Å²) in [5.74, 6) is 0. The SMILES string of the molecule is CCCCCC[n+]1cccnc1.O=S(=O)([O-])C(F)(F)F. The van der Waals surface area contributed by atoms with Gasteiger partial charge in [0.25, 0.3) is 6.33 Å². The van der Waals surface area contributed by atoms with E-state index in [9.17, 15) is 13.2 Å². The average molecular weight is 314 g/mol. The maximum Gasteiger partial charge on any atom is 0.485 e. The Morgan fingerprint density at radius 3 is 2.25 bits per heavy atom. The predicted molar refractivity (Wildman–Crippen MR) is 64.3 cm³/mol. The summed E-state index contributed by atoms with van der Waals surface area (Å²) in [6.07, 6.45) is 11.0. The Morgan fingerprint density at radius 1 is 1.25 bits per heavy atom. The molecule has 0 bridgehead atoms. The Balaban J connectivity index is 0.000000396. The first-order chi connectivity index (χ1) is 9.18. The number of unbranched alkanes of at least 4 members (excludes halogenated alkanes) is 3. The second-order valence-electron chi connectivity index (χ2n) is 3.95. The highest BCUT2D eigenvalue weighted by molar-refractivity contribution is 7.86. The quantitative estimate of drug-likeness (QED) is 0.360. The number of hydrogen-bond acceptors (Lipinski definition) is 4. The van der Waals surface area contributed by atoms with E-state index in [0.717, 1.165) is 6.54 Å². The summed E-state index contributed by atoms with van der Waals surface area (Å²) in [6, 6.07) is 1.97. The molecule has 1 rings (SSSR count). The van der Waals surface area contributed by atoms with Crippen LogP contribution in [0.4, 0.5) is 13.2 Å². The van der Waals surface area contributed by atoms with Crippen LogP contribution in [0.5, 0.6) is 0 Å². The highest BCUT2D eigenvalue weighted by Crippen LogP contribution is 2.20. The molecule has 0 atom stereocenters. The van der Waals surface area contributed by atoms with Crippen molar-refractivity contribution in [3.05, 3.63) is 24.8 Å². The van der Waals surface area contributed by atoms with E-state index < -0.39 is 15.6 Å². The third-order valence-corrected chi connectivity index (χ3v) is 2.78. The van der Waals surface area contributed by atoms with E-state index in [2.05, 4.69) is 22.7 Å². The van der Waals surface area contributed by atoms with Gasteiger partial charge in [0.05, 0.1) is 12.7 Å². The fraction of sp³-hybridized carbons (Fsp3) is 0.636. The standard InChI is InChI=1S/C10H17N2.CHF3O3S/c1-2-3-4-5-8-12-9-6-7-11-10-12;2-1(3,4)8(5,6)7/h6-7,9-10H,2-5,8H2,1H3;(H,5,6,7)/q+1;/p-1. The van der Waals surface area contributed by atoms with Crippen LogP contribution < -0.4 is 4.57 Å². The molecule has 0 N–H and O–H groups in total. The molecule has 0 fully saturated rings. The van der Waals surface area contributed by atoms with Crippen LogP contribution in [-0.2, 0) is 16.7 Å². The molecule has 0 aliphatic rings. The molecule has 0 amide bonds. The molecule has 5 nitrogen and oxygen atoms in total. The van der Waals surface area contributed by atoms with E-state index in [1.165, 1.54) is 25.7 Å². The first-order valence-corrected chi connectivity index (χ1v) is 7.40. The second kappa shape index (κ2) is 8.85. The van der Waals surface area contributed by atoms with Crippen molar-refractivity contribution in [1.82, 2.24) is 4.98 Å². The Bertz CT molecular complexity index is 464. The van der Waals surface area contributed by atoms with Gasteiger partial charge in [-0.05, 0) is 12.8 Å². The Hall–Kier alpha value is -1.22. The summed E-state index contributed by atoms with van der Waals surface area (Å²) in [6.45, 7) is 3.34. The van der Waals surface area contributed by atoms with Crippen molar-refractivity contribution in [1.29, 1.82) is 0 Å². The van der Waals surface area contributed by atoms with E-state index in [1.807, 2.05) is 18.6 Å². The zero-order chi connectivity index (χ0) is 15.6. The molecular formula is C11H17F3N2O3S. The van der Waals surface area contributed by atoms with Crippen molar-refractivity contribution in [3.8, 4) is 0 Å². The van der Waals surface area contributed by atoms with Gasteiger partial charge in [-0.2, -0.15) is 13.2 Å². The summed E-state index contributed by atoms with van der Waals surface area (Å²) in [7, 11) is -6.09. The van der Waals surface area contributed by atoms with E-state index in [0.29, 0.717) is 0 Å². The van der Waals surface area contributed by atoms with Crippen molar-refractivity contribution >= 4 is 10.1 Å². The van der Waals surface area contributed by atoms with Gasteiger partial charge in [0.2, 0.25) is 0 Å². The van der Waals surface area contributed by atoms with Crippen molar-refractivity contribution < 1.29 is 30.7 Å². The van der Waals surface area contributed by atoms with E-state index >= 15 is 0 Å². The molecule has 0 unspecified atom stereocenters. The molecule has 1 aromatic heterocycles. The molecule has 0 saturated carbocycles. The monoisotopic (exact) mass is 314 g/mol. The van der Waals surface area contributed by atoms with Crippen molar-refractivity contribution in [3.63, 3.8) is 0 Å². The van der Waals surface area contributed by atoms with Gasteiger partial charge < -0.3 is 4.55 Å². The van der Waals surface area contributed by atoms with Crippen LogP contribution in [-0.4, -0.2) is 23.5 Å². The minimum Gasteiger partial charge on any atom is -0.741 e. The molecule has 0 aliphatic carbocycles. The number of halogens is 3. The predicted octanol–water partition coefficient (Wildman–Crippen LogP) is 2.00. The normalized spacial score (nSPS) is 11.7. The molecule has 9 heteroatoms. The number of nitrogens with zero attached hydrogens (tertiary/aromatic N) is 2. The Morgan fingerprint density at radius 2 is 1.85 bits per heavy atom. The van der Waals surface area contributed by atoms with Crippen LogP contribution >= 0.6 is 0 Å². The largest absolute Gasteiger partial charge is 0.741 e. The molecule has 1 aromatic rings. The molecule has 0 radical (unpaired) electrons. The lowest BCUT2D eigenvalue weighted by molar-refractivity contribution is -0.700.